The van der Waals surface area contributed by atoms with Gasteiger partial charge in [-0.05, 0) is 23.3 Å². The van der Waals surface area contributed by atoms with Crippen molar-refractivity contribution in [2.24, 2.45) is 0 Å². The topological polar surface area (TPSA) is 126 Å². The summed E-state index contributed by atoms with van der Waals surface area (Å²) in [5.41, 5.74) is 9.38. The number of alkyl halides is 1. The Kier molecular flexibility index (Phi) is 5.94. The Bertz CT molecular complexity index is 971. The zero-order valence-corrected chi connectivity index (χ0v) is 15.8. The van der Waals surface area contributed by atoms with E-state index >= 15 is 0 Å². The fourth-order valence-electron chi connectivity index (χ4n) is 2.50. The molecule has 3 N–H and O–H groups in total. The number of nitrogens with two attached hydrogens (primary N) is 1. The molecule has 1 atom stereocenters. The van der Waals surface area contributed by atoms with E-state index in [1.165, 1.54) is 10.8 Å². The highest BCUT2D eigenvalue weighted by Gasteiger charge is 2.18. The average Bonchev–Trinajstić information content (AvgIpc) is 3.09. The van der Waals surface area contributed by atoms with Crippen LogP contribution in [0.25, 0.3) is 11.3 Å². The maximum Gasteiger partial charge on any atom is 0.285 e. The average molecular weight is 410 g/mol. The van der Waals surface area contributed by atoms with Crippen LogP contribution in [-0.2, 0) is 28.1 Å². The van der Waals surface area contributed by atoms with Crippen LogP contribution in [0.2, 0.25) is 0 Å². The lowest BCUT2D eigenvalue weighted by Crippen LogP contribution is -2.38. The van der Waals surface area contributed by atoms with Gasteiger partial charge in [0.2, 0.25) is 0 Å². The standard InChI is InChI=1S/C17H17ClN3O5P/c18-10-13-5-3-12(4-6-13)8-14-9-16(26-20-14)15-2-1-7-21(17(15)19)11-25-27(22,23)24/h1-7,9,19H,8,10-11H2,(H2,22,23,24). The van der Waals surface area contributed by atoms with Gasteiger partial charge in [0.05, 0.1) is 11.9 Å². The van der Waals surface area contributed by atoms with Gasteiger partial charge in [-0.3, -0.25) is 14.8 Å². The molecule has 1 unspecified atom stereocenters. The SMILES string of the molecule is Nc1c(-c2cc(Cc3ccc(CCl)cc3)no2)ccc[n+]1COP(=O)([O-])O. The number of phosphoric acid groups is 1. The Morgan fingerprint density at radius 3 is 2.67 bits per heavy atom. The molecule has 3 aromatic rings. The molecule has 0 saturated carbocycles. The van der Waals surface area contributed by atoms with E-state index in [-0.39, 0.29) is 5.82 Å². The summed E-state index contributed by atoms with van der Waals surface area (Å²) < 4.78 is 21.8. The quantitative estimate of drug-likeness (QED) is 0.347. The van der Waals surface area contributed by atoms with Gasteiger partial charge < -0.3 is 14.3 Å². The number of phosphoric ester groups is 1. The van der Waals surface area contributed by atoms with Crippen molar-refractivity contribution in [2.75, 3.05) is 5.73 Å². The Morgan fingerprint density at radius 1 is 1.30 bits per heavy atom. The smallest absolute Gasteiger partial charge is 0.285 e. The van der Waals surface area contributed by atoms with Crippen LogP contribution in [0.4, 0.5) is 5.82 Å². The molecule has 142 valence electrons. The second kappa shape index (κ2) is 8.21. The molecule has 3 rings (SSSR count). The third-order valence-electron chi connectivity index (χ3n) is 3.86. The Morgan fingerprint density at radius 2 is 2.00 bits per heavy atom. The molecule has 0 spiro atoms. The fourth-order valence-corrected chi connectivity index (χ4v) is 2.95. The zero-order valence-electron chi connectivity index (χ0n) is 14.1. The van der Waals surface area contributed by atoms with Gasteiger partial charge in [0.1, 0.15) is 5.56 Å². The third-order valence-corrected chi connectivity index (χ3v) is 4.61. The summed E-state index contributed by atoms with van der Waals surface area (Å²) in [7, 11) is -4.85. The normalized spacial score (nSPS) is 13.4. The van der Waals surface area contributed by atoms with Crippen LogP contribution in [-0.4, -0.2) is 10.1 Å². The molecule has 0 amide bonds. The number of anilines is 1. The van der Waals surface area contributed by atoms with Gasteiger partial charge in [-0.1, -0.05) is 29.4 Å². The molecular formula is C17H17ClN3O5P. The van der Waals surface area contributed by atoms with E-state index in [2.05, 4.69) is 9.68 Å². The van der Waals surface area contributed by atoms with Crippen molar-refractivity contribution in [3.63, 3.8) is 0 Å². The summed E-state index contributed by atoms with van der Waals surface area (Å²) in [5, 5.41) is 4.05. The minimum absolute atomic E-state index is 0.208. The van der Waals surface area contributed by atoms with Crippen molar-refractivity contribution in [3.05, 3.63) is 65.5 Å². The van der Waals surface area contributed by atoms with Crippen molar-refractivity contribution in [1.82, 2.24) is 5.16 Å². The molecule has 2 heterocycles. The van der Waals surface area contributed by atoms with Crippen molar-refractivity contribution < 1.29 is 28.0 Å². The first-order chi connectivity index (χ1) is 12.9. The number of nitrogens with zero attached hydrogens (tertiary/aromatic N) is 2. The summed E-state index contributed by atoms with van der Waals surface area (Å²) in [5.74, 6) is 1.10. The Hall–Kier alpha value is -2.22. The summed E-state index contributed by atoms with van der Waals surface area (Å²) in [6.45, 7) is -0.454. The second-order valence-electron chi connectivity index (χ2n) is 5.81. The highest BCUT2D eigenvalue weighted by Crippen LogP contribution is 2.30. The lowest BCUT2D eigenvalue weighted by Gasteiger charge is -2.14. The number of halogens is 1. The lowest BCUT2D eigenvalue weighted by atomic mass is 10.1. The predicted molar refractivity (Wildman–Crippen MR) is 96.3 cm³/mol. The molecule has 0 aliphatic carbocycles. The van der Waals surface area contributed by atoms with E-state index in [4.69, 9.17) is 26.8 Å². The molecule has 0 aliphatic rings. The van der Waals surface area contributed by atoms with Gasteiger partial charge in [-0.2, -0.15) is 0 Å². The van der Waals surface area contributed by atoms with E-state index in [1.54, 1.807) is 18.2 Å². The first kappa shape index (κ1) is 19.5. The number of hydrogen-bond acceptors (Lipinski definition) is 6. The van der Waals surface area contributed by atoms with Crippen LogP contribution < -0.4 is 15.2 Å². The summed E-state index contributed by atoms with van der Waals surface area (Å²) in [4.78, 5) is 19.5. The molecule has 8 nitrogen and oxygen atoms in total. The zero-order chi connectivity index (χ0) is 19.4. The van der Waals surface area contributed by atoms with Crippen LogP contribution in [0.15, 0.2) is 53.2 Å². The first-order valence-electron chi connectivity index (χ1n) is 7.92. The van der Waals surface area contributed by atoms with Crippen LogP contribution in [0.3, 0.4) is 0 Å². The van der Waals surface area contributed by atoms with Gasteiger partial charge in [0, 0.05) is 18.4 Å². The molecule has 0 bridgehead atoms. The molecule has 27 heavy (non-hydrogen) atoms. The van der Waals surface area contributed by atoms with Crippen LogP contribution in [0.5, 0.6) is 0 Å². The van der Waals surface area contributed by atoms with E-state index in [0.29, 0.717) is 29.3 Å². The highest BCUT2D eigenvalue weighted by atomic mass is 35.5. The highest BCUT2D eigenvalue weighted by molar-refractivity contribution is 7.44. The van der Waals surface area contributed by atoms with Gasteiger partial charge >= 0.3 is 0 Å². The molecule has 0 aliphatic heterocycles. The maximum atomic E-state index is 10.8. The van der Waals surface area contributed by atoms with Gasteiger partial charge in [-0.25, -0.2) is 4.57 Å². The number of aromatic nitrogens is 2. The van der Waals surface area contributed by atoms with Crippen molar-refractivity contribution in [3.8, 4) is 11.3 Å². The second-order valence-corrected chi connectivity index (χ2v) is 7.28. The van der Waals surface area contributed by atoms with E-state index in [9.17, 15) is 9.46 Å². The van der Waals surface area contributed by atoms with E-state index in [0.717, 1.165) is 11.1 Å². The van der Waals surface area contributed by atoms with Gasteiger partial charge in [0.15, 0.2) is 12.5 Å². The fraction of sp³-hybridized carbons (Fsp3) is 0.176. The number of pyridine rings is 1. The molecular weight excluding hydrogens is 393 g/mol. The minimum atomic E-state index is -4.85. The van der Waals surface area contributed by atoms with Crippen LogP contribution >= 0.6 is 19.4 Å². The lowest BCUT2D eigenvalue weighted by molar-refractivity contribution is -0.712. The summed E-state index contributed by atoms with van der Waals surface area (Å²) >= 11 is 5.79. The molecule has 0 fully saturated rings. The van der Waals surface area contributed by atoms with Gasteiger partial charge in [0.25, 0.3) is 13.6 Å². The number of nitrogen functional groups attached to an aromatic ring is 1. The number of benzene rings is 1. The monoisotopic (exact) mass is 409 g/mol. The molecule has 0 radical (unpaired) electrons. The van der Waals surface area contributed by atoms with Crippen molar-refractivity contribution >= 4 is 25.2 Å². The minimum Gasteiger partial charge on any atom is -0.756 e. The van der Waals surface area contributed by atoms with E-state index < -0.39 is 14.6 Å². The molecule has 0 saturated heterocycles. The van der Waals surface area contributed by atoms with Gasteiger partial charge in [-0.15, -0.1) is 11.6 Å². The summed E-state index contributed by atoms with van der Waals surface area (Å²) in [6, 6.07) is 13.0. The van der Waals surface area contributed by atoms with Crippen LogP contribution in [0.1, 0.15) is 16.8 Å². The number of rotatable bonds is 7. The third kappa shape index (κ3) is 5.15. The van der Waals surface area contributed by atoms with Crippen LogP contribution in [0, 0.1) is 0 Å². The van der Waals surface area contributed by atoms with E-state index in [1.807, 2.05) is 24.3 Å². The first-order valence-corrected chi connectivity index (χ1v) is 9.95. The molecule has 2 aromatic heterocycles. The predicted octanol–water partition coefficient (Wildman–Crippen LogP) is 1.98. The maximum absolute atomic E-state index is 10.8. The Balaban J connectivity index is 1.78. The molecule has 10 heteroatoms. The molecule has 1 aromatic carbocycles. The van der Waals surface area contributed by atoms with Crippen molar-refractivity contribution in [2.45, 2.75) is 19.0 Å². The summed E-state index contributed by atoms with van der Waals surface area (Å²) in [6.07, 6.45) is 2.09. The largest absolute Gasteiger partial charge is 0.756 e. The number of hydrogen-bond donors (Lipinski definition) is 2. The van der Waals surface area contributed by atoms with Crippen molar-refractivity contribution in [1.29, 1.82) is 0 Å². The Labute approximate surface area is 160 Å².